The molecule has 0 spiro atoms. The van der Waals surface area contributed by atoms with Crippen LogP contribution in [0.3, 0.4) is 0 Å². The number of rotatable bonds is 48. The predicted molar refractivity (Wildman–Crippen MR) is 512 cm³/mol. The summed E-state index contributed by atoms with van der Waals surface area (Å²) in [5.41, 5.74) is 9.88. The van der Waals surface area contributed by atoms with E-state index in [9.17, 15) is 0 Å². The minimum Gasteiger partial charge on any atom is -0.243 e. The van der Waals surface area contributed by atoms with Crippen LogP contribution in [0.1, 0.15) is 302 Å². The van der Waals surface area contributed by atoms with Gasteiger partial charge in [0.15, 0.2) is 0 Å². The Labute approximate surface area is 708 Å². The van der Waals surface area contributed by atoms with Crippen LogP contribution in [0.5, 0.6) is 0 Å². The Morgan fingerprint density at radius 3 is 0.562 bits per heavy atom. The van der Waals surface area contributed by atoms with Crippen molar-refractivity contribution in [3.05, 3.63) is 126 Å². The van der Waals surface area contributed by atoms with Crippen LogP contribution < -0.4 is 0 Å². The quantitative estimate of drug-likeness (QED) is 0.0282. The van der Waals surface area contributed by atoms with Crippen molar-refractivity contribution in [1.29, 1.82) is 0 Å². The van der Waals surface area contributed by atoms with E-state index < -0.39 is 0 Å². The lowest BCUT2D eigenvalue weighted by molar-refractivity contribution is 0.609. The normalized spacial score (nSPS) is 12.3. The van der Waals surface area contributed by atoms with E-state index in [1.807, 2.05) is 113 Å². The largest absolute Gasteiger partial charge is 0.243 e. The van der Waals surface area contributed by atoms with Gasteiger partial charge in [0.1, 0.15) is 22.1 Å². The SMILES string of the molecule is CCCCCCCCc1ccc(-c2cc3c4nc5c(-c6ccc(CCCCCCCC)s6)c6nc7c8cc(-c9ccc(CCCCCCCC)s9)sc8c8sc(-c9ccc(CCCCCCCC)s9)cc8c7nc6c(-c6ccc(CCCCCCCC)s6)c5nc4c4cc(-c5ccc(CCCCCCCC)s5)sc4c3s2)s1. The highest BCUT2D eigenvalue weighted by Gasteiger charge is 2.30. The number of hydrogen-bond acceptors (Lipinski definition) is 14. The van der Waals surface area contributed by atoms with Gasteiger partial charge in [0.2, 0.25) is 0 Å². The highest BCUT2D eigenvalue weighted by atomic mass is 32.1. The number of aromatic nitrogens is 4. The van der Waals surface area contributed by atoms with Crippen LogP contribution in [0.2, 0.25) is 0 Å². The second kappa shape index (κ2) is 40.8. The zero-order chi connectivity index (χ0) is 76.5. The second-order valence-electron chi connectivity index (χ2n) is 32.1. The van der Waals surface area contributed by atoms with Crippen LogP contribution in [0.4, 0.5) is 0 Å². The molecular weight excluding hydrogens is 1550 g/mol. The van der Waals surface area contributed by atoms with E-state index >= 15 is 0 Å². The lowest BCUT2D eigenvalue weighted by atomic mass is 9.99. The number of fused-ring (bicyclic) bond motifs is 14. The number of thiophene rings is 10. The van der Waals surface area contributed by atoms with Crippen molar-refractivity contribution in [1.82, 2.24) is 19.9 Å². The molecule has 0 N–H and O–H groups in total. The summed E-state index contributed by atoms with van der Waals surface area (Å²) in [6, 6.07) is 39.2. The Morgan fingerprint density at radius 1 is 0.179 bits per heavy atom. The second-order valence-corrected chi connectivity index (χ2v) is 43.3. The maximum absolute atomic E-state index is 6.36. The van der Waals surface area contributed by atoms with E-state index in [4.69, 9.17) is 19.9 Å². The van der Waals surface area contributed by atoms with Gasteiger partial charge in [-0.15, -0.1) is 113 Å². The Balaban J connectivity index is 0.964. The molecule has 15 aromatic rings. The summed E-state index contributed by atoms with van der Waals surface area (Å²) in [5.74, 6) is 0. The fraction of sp³-hybridized carbons (Fsp3) is 0.490. The van der Waals surface area contributed by atoms with Gasteiger partial charge in [0, 0.05) is 111 Å². The molecule has 0 amide bonds. The van der Waals surface area contributed by atoms with Gasteiger partial charge >= 0.3 is 0 Å². The third-order valence-electron chi connectivity index (χ3n) is 23.2. The van der Waals surface area contributed by atoms with E-state index in [0.29, 0.717) is 0 Å². The van der Waals surface area contributed by atoms with Crippen molar-refractivity contribution < 1.29 is 0 Å². The molecule has 0 radical (unpaired) electrons. The fourth-order valence-corrected chi connectivity index (χ4v) is 28.5. The monoisotopic (exact) mass is 1670 g/mol. The molecule has 3 aromatic carbocycles. The molecule has 0 aliphatic heterocycles. The van der Waals surface area contributed by atoms with Crippen LogP contribution in [-0.2, 0) is 38.5 Å². The zero-order valence-electron chi connectivity index (χ0n) is 67.8. The van der Waals surface area contributed by atoms with Crippen LogP contribution in [0.15, 0.2) is 97.1 Å². The van der Waals surface area contributed by atoms with E-state index in [2.05, 4.69) is 139 Å². The van der Waals surface area contributed by atoms with Gasteiger partial charge < -0.3 is 0 Å². The van der Waals surface area contributed by atoms with Crippen molar-refractivity contribution in [3.8, 4) is 59.9 Å². The summed E-state index contributed by atoms with van der Waals surface area (Å²) in [7, 11) is 0. The minimum absolute atomic E-state index is 0.938. The lowest BCUT2D eigenvalue weighted by Crippen LogP contribution is -1.99. The van der Waals surface area contributed by atoms with Crippen molar-refractivity contribution in [2.24, 2.45) is 0 Å². The number of unbranched alkanes of at least 4 members (excludes halogenated alkanes) is 30. The Morgan fingerprint density at radius 2 is 0.357 bits per heavy atom. The summed E-state index contributed by atoms with van der Waals surface area (Å²) in [4.78, 5) is 47.4. The van der Waals surface area contributed by atoms with Crippen molar-refractivity contribution in [2.75, 3.05) is 0 Å². The molecule has 12 heterocycles. The molecule has 0 atom stereocenters. The first-order valence-electron chi connectivity index (χ1n) is 44.0. The Bertz CT molecular complexity index is 4910. The molecule has 0 unspecified atom stereocenters. The topological polar surface area (TPSA) is 51.6 Å². The van der Waals surface area contributed by atoms with E-state index in [-0.39, 0.29) is 0 Å². The molecule has 590 valence electrons. The number of benzene rings is 3. The first-order valence-corrected chi connectivity index (χ1v) is 52.2. The average Bonchev–Trinajstić information content (AvgIpc) is 1.38. The highest BCUT2D eigenvalue weighted by Crippen LogP contribution is 2.54. The predicted octanol–water partition coefficient (Wildman–Crippen LogP) is 36.5. The molecule has 0 fully saturated rings. The fourth-order valence-electron chi connectivity index (χ4n) is 16.8. The molecule has 12 aromatic heterocycles. The average molecular weight is 1670 g/mol. The molecule has 14 heteroatoms. The Hall–Kier alpha value is -5.10. The molecule has 0 bridgehead atoms. The number of aryl methyl sites for hydroxylation is 6. The van der Waals surface area contributed by atoms with Crippen LogP contribution >= 0.6 is 113 Å². The maximum Gasteiger partial charge on any atom is 0.101 e. The smallest absolute Gasteiger partial charge is 0.101 e. The molecule has 0 saturated carbocycles. The molecule has 15 rings (SSSR count). The van der Waals surface area contributed by atoms with Crippen molar-refractivity contribution in [3.63, 3.8) is 0 Å². The summed E-state index contributed by atoms with van der Waals surface area (Å²) in [6.07, 6.45) is 53.6. The van der Waals surface area contributed by atoms with Gasteiger partial charge in [0.05, 0.1) is 40.9 Å². The lowest BCUT2D eigenvalue weighted by Gasteiger charge is -2.16. The maximum atomic E-state index is 6.36. The first-order chi connectivity index (χ1) is 55.3. The van der Waals surface area contributed by atoms with Crippen molar-refractivity contribution in [2.45, 2.75) is 311 Å². The first kappa shape index (κ1) is 82.0. The van der Waals surface area contributed by atoms with E-state index in [1.54, 1.807) is 0 Å². The van der Waals surface area contributed by atoms with E-state index in [0.717, 1.165) is 93.8 Å². The van der Waals surface area contributed by atoms with Crippen LogP contribution in [0, 0.1) is 0 Å². The summed E-state index contributed by atoms with van der Waals surface area (Å²) in [6.45, 7) is 13.9. The standard InChI is InChI=1S/C98H118N4S10/c1-7-13-19-25-31-37-43-65-49-55-75(103-65)81-61-71-87-88(72-62-82(110-96(72)95(71)109-81)76-56-50-66(104-76)44-38-32-26-20-14-8-2)100-92-86(80-60-54-70(108-80)48-42-36-30-24-18-12-6)94-93(85(91(92)99-87)79-59-53-69(107-79)47-41-35-29-23-17-11-5)101-89-73-63-83(77-57-51-67(105-77)45-39-33-27-21-15-9-3)111-97(73)98-74(90(89)102-94)64-84(112-98)78-58-52-68(106-78)46-40-34-28-22-16-10-4/h49-64H,7-48H2,1-6H3. The highest BCUT2D eigenvalue weighted by molar-refractivity contribution is 7.34. The molecule has 0 saturated heterocycles. The number of hydrogen-bond donors (Lipinski definition) is 0. The zero-order valence-corrected chi connectivity index (χ0v) is 76.0. The van der Waals surface area contributed by atoms with Crippen LogP contribution in [-0.4, -0.2) is 19.9 Å². The summed E-state index contributed by atoms with van der Waals surface area (Å²) in [5, 5.41) is 4.84. The third-order valence-corrected chi connectivity index (χ3v) is 35.8. The third kappa shape index (κ3) is 19.5. The van der Waals surface area contributed by atoms with Crippen LogP contribution in [0.25, 0.3) is 144 Å². The van der Waals surface area contributed by atoms with E-state index in [1.165, 1.54) is 350 Å². The minimum atomic E-state index is 0.938. The molecule has 0 aliphatic carbocycles. The van der Waals surface area contributed by atoms with Gasteiger partial charge in [-0.05, 0) is 174 Å². The van der Waals surface area contributed by atoms with Crippen molar-refractivity contribution >= 4 is 198 Å². The molecule has 4 nitrogen and oxygen atoms in total. The summed E-state index contributed by atoms with van der Waals surface area (Å²) < 4.78 is 5.30. The number of nitrogens with zero attached hydrogens (tertiary/aromatic N) is 4. The molecular formula is C98H118N4S10. The molecule has 112 heavy (non-hydrogen) atoms. The van der Waals surface area contributed by atoms with Gasteiger partial charge in [-0.2, -0.15) is 0 Å². The molecule has 0 aliphatic rings. The summed E-state index contributed by atoms with van der Waals surface area (Å²) >= 11 is 19.9. The Kier molecular flexibility index (Phi) is 29.9. The van der Waals surface area contributed by atoms with Gasteiger partial charge in [-0.25, -0.2) is 19.9 Å². The van der Waals surface area contributed by atoms with Gasteiger partial charge in [0.25, 0.3) is 0 Å². The van der Waals surface area contributed by atoms with Gasteiger partial charge in [-0.1, -0.05) is 234 Å². The van der Waals surface area contributed by atoms with Gasteiger partial charge in [-0.3, -0.25) is 0 Å².